The van der Waals surface area contributed by atoms with E-state index in [0.717, 1.165) is 32.6 Å². The lowest BCUT2D eigenvalue weighted by Crippen LogP contribution is -2.46. The summed E-state index contributed by atoms with van der Waals surface area (Å²) < 4.78 is 2.25. The van der Waals surface area contributed by atoms with Crippen molar-refractivity contribution in [3.63, 3.8) is 0 Å². The van der Waals surface area contributed by atoms with Gasteiger partial charge in [0.25, 0.3) is 0 Å². The molecule has 0 N–H and O–H groups in total. The van der Waals surface area contributed by atoms with Crippen molar-refractivity contribution >= 4 is 28.8 Å². The molecule has 0 radical (unpaired) electrons. The molecule has 13 heavy (non-hydrogen) atoms. The monoisotopic (exact) mass is 294 g/mol. The standard InChI is InChI=1S/C9H15IN2O/c1-7-6-8(7)9(13)11-2-4-12(10)5-3-11/h7-8H,2-6H2,1H3. The summed E-state index contributed by atoms with van der Waals surface area (Å²) in [4.78, 5) is 13.8. The van der Waals surface area contributed by atoms with Gasteiger partial charge in [0.2, 0.25) is 5.91 Å². The minimum atomic E-state index is 0.362. The average Bonchev–Trinajstić information content (AvgIpc) is 2.83. The number of carbonyl (C=O) groups is 1. The molecule has 0 aromatic heterocycles. The zero-order valence-corrected chi connectivity index (χ0v) is 10.0. The number of rotatable bonds is 1. The first-order valence-electron chi connectivity index (χ1n) is 4.88. The van der Waals surface area contributed by atoms with E-state index in [1.54, 1.807) is 0 Å². The lowest BCUT2D eigenvalue weighted by Gasteiger charge is -2.31. The van der Waals surface area contributed by atoms with Crippen molar-refractivity contribution in [2.45, 2.75) is 13.3 Å². The molecule has 0 bridgehead atoms. The Labute approximate surface area is 92.9 Å². The highest BCUT2D eigenvalue weighted by molar-refractivity contribution is 14.1. The van der Waals surface area contributed by atoms with E-state index in [1.165, 1.54) is 0 Å². The number of hydrogen-bond acceptors (Lipinski definition) is 2. The second kappa shape index (κ2) is 3.73. The third-order valence-electron chi connectivity index (χ3n) is 2.96. The molecule has 3 nitrogen and oxygen atoms in total. The fourth-order valence-corrected chi connectivity index (χ4v) is 2.23. The van der Waals surface area contributed by atoms with E-state index in [4.69, 9.17) is 0 Å². The molecular formula is C9H15IN2O. The smallest absolute Gasteiger partial charge is 0.226 e. The Hall–Kier alpha value is 0.160. The van der Waals surface area contributed by atoms with Crippen molar-refractivity contribution in [3.05, 3.63) is 0 Å². The van der Waals surface area contributed by atoms with Crippen LogP contribution in [0.5, 0.6) is 0 Å². The van der Waals surface area contributed by atoms with Gasteiger partial charge in [-0.15, -0.1) is 0 Å². The lowest BCUT2D eigenvalue weighted by atomic mass is 10.2. The molecule has 0 aromatic carbocycles. The van der Waals surface area contributed by atoms with Crippen LogP contribution in [0.4, 0.5) is 0 Å². The molecule has 1 amide bonds. The summed E-state index contributed by atoms with van der Waals surface area (Å²) in [5, 5.41) is 0. The van der Waals surface area contributed by atoms with Gasteiger partial charge in [0.15, 0.2) is 0 Å². The quantitative estimate of drug-likeness (QED) is 0.535. The molecule has 2 fully saturated rings. The van der Waals surface area contributed by atoms with Crippen LogP contribution in [0.1, 0.15) is 13.3 Å². The van der Waals surface area contributed by atoms with Gasteiger partial charge in [-0.2, -0.15) is 0 Å². The van der Waals surface area contributed by atoms with Crippen LogP contribution in [-0.2, 0) is 4.79 Å². The van der Waals surface area contributed by atoms with Crippen LogP contribution in [0.3, 0.4) is 0 Å². The maximum Gasteiger partial charge on any atom is 0.226 e. The molecule has 2 rings (SSSR count). The number of halogens is 1. The van der Waals surface area contributed by atoms with Crippen LogP contribution in [0.25, 0.3) is 0 Å². The second-order valence-electron chi connectivity index (χ2n) is 4.05. The molecule has 1 saturated carbocycles. The first-order chi connectivity index (χ1) is 6.18. The van der Waals surface area contributed by atoms with Crippen LogP contribution in [0, 0.1) is 11.8 Å². The number of amides is 1. The molecule has 1 heterocycles. The van der Waals surface area contributed by atoms with Crippen LogP contribution < -0.4 is 0 Å². The Bertz CT molecular complexity index is 214. The molecular weight excluding hydrogens is 279 g/mol. The highest BCUT2D eigenvalue weighted by Gasteiger charge is 2.41. The van der Waals surface area contributed by atoms with E-state index < -0.39 is 0 Å². The van der Waals surface area contributed by atoms with Crippen LogP contribution in [-0.4, -0.2) is 40.1 Å². The summed E-state index contributed by atoms with van der Waals surface area (Å²) in [5.74, 6) is 1.41. The van der Waals surface area contributed by atoms with E-state index in [1.807, 2.05) is 4.90 Å². The van der Waals surface area contributed by atoms with Crippen molar-refractivity contribution in [2.24, 2.45) is 11.8 Å². The van der Waals surface area contributed by atoms with E-state index in [-0.39, 0.29) is 0 Å². The largest absolute Gasteiger partial charge is 0.340 e. The Balaban J connectivity index is 1.84. The molecule has 2 aliphatic rings. The third-order valence-corrected chi connectivity index (χ3v) is 3.93. The zero-order valence-electron chi connectivity index (χ0n) is 7.87. The number of nitrogens with zero attached hydrogens (tertiary/aromatic N) is 2. The first kappa shape index (κ1) is 9.71. The van der Waals surface area contributed by atoms with E-state index in [2.05, 4.69) is 32.9 Å². The summed E-state index contributed by atoms with van der Waals surface area (Å²) in [6, 6.07) is 0. The minimum Gasteiger partial charge on any atom is -0.340 e. The highest BCUT2D eigenvalue weighted by atomic mass is 127. The summed E-state index contributed by atoms with van der Waals surface area (Å²) in [6.45, 7) is 6.05. The molecule has 0 spiro atoms. The Morgan fingerprint density at radius 3 is 2.31 bits per heavy atom. The van der Waals surface area contributed by atoms with E-state index >= 15 is 0 Å². The summed E-state index contributed by atoms with van der Waals surface area (Å²) in [5.41, 5.74) is 0. The van der Waals surface area contributed by atoms with Gasteiger partial charge in [0.1, 0.15) is 0 Å². The maximum atomic E-state index is 11.8. The van der Waals surface area contributed by atoms with Gasteiger partial charge in [-0.1, -0.05) is 6.92 Å². The number of hydrogen-bond donors (Lipinski definition) is 0. The fraction of sp³-hybridized carbons (Fsp3) is 0.889. The molecule has 2 atom stereocenters. The summed E-state index contributed by atoms with van der Waals surface area (Å²) >= 11 is 2.32. The van der Waals surface area contributed by atoms with Crippen LogP contribution in [0.15, 0.2) is 0 Å². The SMILES string of the molecule is CC1CC1C(=O)N1CCN(I)CC1. The minimum absolute atomic E-state index is 0.362. The van der Waals surface area contributed by atoms with E-state index in [9.17, 15) is 4.79 Å². The molecule has 74 valence electrons. The number of piperazine rings is 1. The molecule has 4 heteroatoms. The number of carbonyl (C=O) groups excluding carboxylic acids is 1. The van der Waals surface area contributed by atoms with Crippen LogP contribution in [0.2, 0.25) is 0 Å². The van der Waals surface area contributed by atoms with Gasteiger partial charge in [0.05, 0.1) is 0 Å². The maximum absolute atomic E-state index is 11.8. The predicted molar refractivity (Wildman–Crippen MR) is 59.4 cm³/mol. The molecule has 1 aliphatic carbocycles. The van der Waals surface area contributed by atoms with Crippen LogP contribution >= 0.6 is 22.9 Å². The topological polar surface area (TPSA) is 23.6 Å². The van der Waals surface area contributed by atoms with E-state index in [0.29, 0.717) is 17.7 Å². The van der Waals surface area contributed by atoms with Crippen molar-refractivity contribution in [2.75, 3.05) is 26.2 Å². The molecule has 0 aromatic rings. The Morgan fingerprint density at radius 2 is 1.85 bits per heavy atom. The van der Waals surface area contributed by atoms with Gasteiger partial charge in [-0.05, 0) is 12.3 Å². The molecule has 1 aliphatic heterocycles. The van der Waals surface area contributed by atoms with Gasteiger partial charge in [-0.25, -0.2) is 3.11 Å². The molecule has 2 unspecified atom stereocenters. The van der Waals surface area contributed by atoms with Gasteiger partial charge < -0.3 is 4.90 Å². The lowest BCUT2D eigenvalue weighted by molar-refractivity contribution is -0.133. The normalized spacial score (nSPS) is 34.8. The summed E-state index contributed by atoms with van der Waals surface area (Å²) in [6.07, 6.45) is 1.11. The zero-order chi connectivity index (χ0) is 9.42. The Kier molecular flexibility index (Phi) is 2.78. The van der Waals surface area contributed by atoms with Gasteiger partial charge >= 0.3 is 0 Å². The van der Waals surface area contributed by atoms with Gasteiger partial charge in [-0.3, -0.25) is 4.79 Å². The van der Waals surface area contributed by atoms with Crippen molar-refractivity contribution in [3.8, 4) is 0 Å². The Morgan fingerprint density at radius 1 is 1.31 bits per heavy atom. The second-order valence-corrected chi connectivity index (χ2v) is 5.42. The van der Waals surface area contributed by atoms with Crippen molar-refractivity contribution in [1.82, 2.24) is 8.01 Å². The summed E-state index contributed by atoms with van der Waals surface area (Å²) in [7, 11) is 0. The van der Waals surface area contributed by atoms with Gasteiger partial charge in [0, 0.05) is 55.0 Å². The predicted octanol–water partition coefficient (Wildman–Crippen LogP) is 1.14. The molecule has 1 saturated heterocycles. The van der Waals surface area contributed by atoms with Crippen molar-refractivity contribution in [1.29, 1.82) is 0 Å². The third kappa shape index (κ3) is 2.15. The van der Waals surface area contributed by atoms with Crippen molar-refractivity contribution < 1.29 is 4.79 Å². The first-order valence-corrected chi connectivity index (χ1v) is 5.84. The fourth-order valence-electron chi connectivity index (χ4n) is 1.80. The highest BCUT2D eigenvalue weighted by Crippen LogP contribution is 2.39. The average molecular weight is 294 g/mol.